The lowest BCUT2D eigenvalue weighted by Crippen LogP contribution is -2.03. The van der Waals surface area contributed by atoms with Gasteiger partial charge in [0.05, 0.1) is 0 Å². The van der Waals surface area contributed by atoms with Gasteiger partial charge >= 0.3 is 0 Å². The zero-order chi connectivity index (χ0) is 40.8. The second-order valence-electron chi connectivity index (χ2n) is 17.2. The summed E-state index contributed by atoms with van der Waals surface area (Å²) in [6.07, 6.45) is 1.03. The van der Waals surface area contributed by atoms with Crippen molar-refractivity contribution in [2.24, 2.45) is 0 Å². The maximum absolute atomic E-state index is 3.79. The van der Waals surface area contributed by atoms with Crippen LogP contribution in [0.15, 0.2) is 139 Å². The second kappa shape index (κ2) is 15.8. The van der Waals surface area contributed by atoms with Crippen LogP contribution in [0.3, 0.4) is 0 Å². The van der Waals surface area contributed by atoms with Crippen LogP contribution in [0.4, 0.5) is 5.69 Å². The standard InChI is InChI=1S/C33H29N.C13H20.C11H8/c1-20-17-25-18-24-11-5-6-13-27(24)31(25)19-32(20)34-23(4)21(2)33-22(3)26-12-7-8-14-28(26)29-15-9-10-16-30(29)33;1-9(2)12-7-6-8-13(10(3)4)11(12)5;1-7-5-6-8-3-2-4-9-10(7)11(8)9/h5-17,19,34H,18H2,1-4H3;6-10H,1-5H3;2-6H,1H3/b23-21+;;. The Morgan fingerprint density at radius 2 is 1.09 bits per heavy atom. The molecule has 58 heavy (non-hydrogen) atoms. The van der Waals surface area contributed by atoms with Crippen molar-refractivity contribution in [3.63, 3.8) is 0 Å². The smallest absolute Gasteiger partial charge is 0.0417 e. The van der Waals surface area contributed by atoms with E-state index in [0.717, 1.165) is 6.42 Å². The molecule has 0 spiro atoms. The molecule has 0 saturated carbocycles. The first-order valence-electron chi connectivity index (χ1n) is 21.1. The van der Waals surface area contributed by atoms with Gasteiger partial charge in [-0.15, -0.1) is 0 Å². The molecule has 2 aliphatic carbocycles. The van der Waals surface area contributed by atoms with Crippen LogP contribution in [0.2, 0.25) is 0 Å². The van der Waals surface area contributed by atoms with E-state index in [0.29, 0.717) is 11.8 Å². The Morgan fingerprint density at radius 1 is 0.500 bits per heavy atom. The molecule has 0 radical (unpaired) electrons. The number of anilines is 1. The van der Waals surface area contributed by atoms with Gasteiger partial charge in [-0.05, 0) is 176 Å². The third-order valence-electron chi connectivity index (χ3n) is 12.7. The van der Waals surface area contributed by atoms with Gasteiger partial charge in [0, 0.05) is 11.4 Å². The second-order valence-corrected chi connectivity index (χ2v) is 17.2. The number of nitrogens with one attached hydrogen (secondary N) is 1. The molecule has 0 aromatic heterocycles. The predicted octanol–water partition coefficient (Wildman–Crippen LogP) is 16.4. The van der Waals surface area contributed by atoms with Crippen molar-refractivity contribution in [1.29, 1.82) is 0 Å². The Kier molecular flexibility index (Phi) is 10.6. The first-order valence-corrected chi connectivity index (χ1v) is 21.1. The van der Waals surface area contributed by atoms with E-state index in [1.54, 1.807) is 0 Å². The molecule has 0 heterocycles. The minimum absolute atomic E-state index is 0.638. The third-order valence-corrected chi connectivity index (χ3v) is 12.7. The highest BCUT2D eigenvalue weighted by Gasteiger charge is 2.23. The highest BCUT2D eigenvalue weighted by molar-refractivity contribution is 6.21. The predicted molar refractivity (Wildman–Crippen MR) is 255 cm³/mol. The summed E-state index contributed by atoms with van der Waals surface area (Å²) in [5.74, 6) is 1.28. The van der Waals surface area contributed by atoms with E-state index in [4.69, 9.17) is 0 Å². The van der Waals surface area contributed by atoms with Crippen LogP contribution in [0.25, 0.3) is 60.1 Å². The Morgan fingerprint density at radius 3 is 1.78 bits per heavy atom. The summed E-state index contributed by atoms with van der Waals surface area (Å²) in [6.45, 7) is 22.4. The van der Waals surface area contributed by atoms with Crippen LogP contribution in [0.5, 0.6) is 0 Å². The minimum Gasteiger partial charge on any atom is -0.359 e. The average Bonchev–Trinajstić information content (AvgIpc) is 3.87. The van der Waals surface area contributed by atoms with Gasteiger partial charge in [-0.2, -0.15) is 0 Å². The topological polar surface area (TPSA) is 12.0 Å². The molecule has 2 aliphatic rings. The van der Waals surface area contributed by atoms with Crippen LogP contribution >= 0.6 is 0 Å². The van der Waals surface area contributed by atoms with E-state index in [-0.39, 0.29) is 0 Å². The Labute approximate surface area is 346 Å². The summed E-state index contributed by atoms with van der Waals surface area (Å²) in [6, 6.07) is 48.6. The maximum atomic E-state index is 3.79. The number of fused-ring (bicyclic) bond motifs is 7. The number of rotatable bonds is 5. The van der Waals surface area contributed by atoms with Crippen LogP contribution < -0.4 is 5.32 Å². The number of hydrogen-bond acceptors (Lipinski definition) is 1. The van der Waals surface area contributed by atoms with Crippen LogP contribution in [-0.4, -0.2) is 0 Å². The van der Waals surface area contributed by atoms with E-state index in [1.807, 2.05) is 0 Å². The summed E-state index contributed by atoms with van der Waals surface area (Å²) in [5, 5.41) is 12.0. The molecule has 0 unspecified atom stereocenters. The molecule has 0 amide bonds. The summed E-state index contributed by atoms with van der Waals surface area (Å²) in [4.78, 5) is 0. The van der Waals surface area contributed by atoms with Crippen LogP contribution in [0, 0.1) is 27.7 Å². The lowest BCUT2D eigenvalue weighted by molar-refractivity contribution is 0.817. The highest BCUT2D eigenvalue weighted by Crippen LogP contribution is 2.48. The SMILES string of the molecule is C/C(Nc1cc2c(cc1C)Cc1ccccc1-2)=C(/C)c1c(C)c2ccccc2c2ccccc12.Cc1c(C(C)C)cccc1C(C)C.Cc1ccc2cccc3c2c1-3. The van der Waals surface area contributed by atoms with Gasteiger partial charge in [0.15, 0.2) is 0 Å². The molecule has 0 saturated heterocycles. The van der Waals surface area contributed by atoms with Gasteiger partial charge in [0.2, 0.25) is 0 Å². The van der Waals surface area contributed by atoms with Crippen LogP contribution in [-0.2, 0) is 6.42 Å². The monoisotopic (exact) mass is 755 g/mol. The van der Waals surface area contributed by atoms with Crippen molar-refractivity contribution < 1.29 is 0 Å². The molecule has 1 N–H and O–H groups in total. The quantitative estimate of drug-likeness (QED) is 0.173. The fraction of sp³-hybridized carbons (Fsp3) is 0.228. The van der Waals surface area contributed by atoms with Crippen LogP contribution in [0.1, 0.15) is 103 Å². The fourth-order valence-corrected chi connectivity index (χ4v) is 9.50. The number of hydrogen-bond donors (Lipinski definition) is 1. The fourth-order valence-electron chi connectivity index (χ4n) is 9.50. The number of aryl methyl sites for hydroxylation is 3. The van der Waals surface area contributed by atoms with Gasteiger partial charge in [0.25, 0.3) is 0 Å². The zero-order valence-corrected chi connectivity index (χ0v) is 36.1. The van der Waals surface area contributed by atoms with Gasteiger partial charge in [-0.1, -0.05) is 155 Å². The first kappa shape index (κ1) is 38.9. The molecule has 10 rings (SSSR count). The molecule has 8 aromatic carbocycles. The molecule has 0 fully saturated rings. The normalized spacial score (nSPS) is 12.5. The summed E-state index contributed by atoms with van der Waals surface area (Å²) < 4.78 is 0. The Bertz CT molecular complexity index is 2870. The summed E-state index contributed by atoms with van der Waals surface area (Å²) in [5.41, 5.74) is 22.1. The maximum Gasteiger partial charge on any atom is 0.0417 e. The van der Waals surface area contributed by atoms with Crippen molar-refractivity contribution in [3.8, 4) is 22.3 Å². The minimum atomic E-state index is 0.638. The number of allylic oxidation sites excluding steroid dienone is 2. The van der Waals surface area contributed by atoms with Crippen molar-refractivity contribution >= 4 is 43.6 Å². The van der Waals surface area contributed by atoms with Gasteiger partial charge in [-0.3, -0.25) is 0 Å². The van der Waals surface area contributed by atoms with E-state index in [1.165, 1.54) is 122 Å². The lowest BCUT2D eigenvalue weighted by Gasteiger charge is -2.19. The summed E-state index contributed by atoms with van der Waals surface area (Å²) >= 11 is 0. The van der Waals surface area contributed by atoms with Crippen molar-refractivity contribution in [2.45, 2.75) is 87.5 Å². The highest BCUT2D eigenvalue weighted by atomic mass is 14.9. The van der Waals surface area contributed by atoms with Gasteiger partial charge in [-0.25, -0.2) is 0 Å². The largest absolute Gasteiger partial charge is 0.359 e. The molecule has 0 atom stereocenters. The third kappa shape index (κ3) is 7.13. The lowest BCUT2D eigenvalue weighted by atomic mass is 9.88. The molecule has 0 aliphatic heterocycles. The first-order chi connectivity index (χ1) is 27.9. The molecular formula is C57H57N. The molecule has 0 bridgehead atoms. The van der Waals surface area contributed by atoms with Crippen molar-refractivity contribution in [2.75, 3.05) is 5.32 Å². The summed E-state index contributed by atoms with van der Waals surface area (Å²) in [7, 11) is 0. The number of benzene rings is 8. The average molecular weight is 756 g/mol. The molecule has 8 aromatic rings. The van der Waals surface area contributed by atoms with E-state index >= 15 is 0 Å². The Hall–Kier alpha value is -5.92. The molecule has 1 nitrogen and oxygen atoms in total. The van der Waals surface area contributed by atoms with E-state index < -0.39 is 0 Å². The van der Waals surface area contributed by atoms with Gasteiger partial charge in [0.1, 0.15) is 0 Å². The molecular weight excluding hydrogens is 699 g/mol. The van der Waals surface area contributed by atoms with Crippen molar-refractivity contribution in [1.82, 2.24) is 0 Å². The molecule has 290 valence electrons. The van der Waals surface area contributed by atoms with E-state index in [2.05, 4.69) is 208 Å². The molecule has 1 heteroatoms. The van der Waals surface area contributed by atoms with Crippen molar-refractivity contribution in [3.05, 3.63) is 189 Å². The van der Waals surface area contributed by atoms with E-state index in [9.17, 15) is 0 Å². The zero-order valence-electron chi connectivity index (χ0n) is 36.1. The van der Waals surface area contributed by atoms with Gasteiger partial charge < -0.3 is 5.32 Å². The Balaban J connectivity index is 0.000000158.